The second-order valence-electron chi connectivity index (χ2n) is 10.9. The molecule has 1 spiro atoms. The highest BCUT2D eigenvalue weighted by Crippen LogP contribution is 2.49. The monoisotopic (exact) mass is 555 g/mol. The van der Waals surface area contributed by atoms with E-state index >= 15 is 0 Å². The van der Waals surface area contributed by atoms with Crippen LogP contribution in [0.4, 0.5) is 0 Å². The Bertz CT molecular complexity index is 1020. The fourth-order valence-corrected chi connectivity index (χ4v) is 6.40. The van der Waals surface area contributed by atoms with E-state index in [2.05, 4.69) is 4.98 Å². The Hall–Kier alpha value is -1.36. The molecular weight excluding hydrogens is 518 g/mol. The van der Waals surface area contributed by atoms with Gasteiger partial charge in [0.05, 0.1) is 57.6 Å². The topological polar surface area (TPSA) is 118 Å². The summed E-state index contributed by atoms with van der Waals surface area (Å²) in [6, 6.07) is 0. The van der Waals surface area contributed by atoms with Gasteiger partial charge in [0.1, 0.15) is 11.9 Å². The minimum absolute atomic E-state index is 0.200. The molecule has 3 aliphatic rings. The fraction of sp³-hybridized carbons (Fsp3) is 0.741. The minimum Gasteiger partial charge on any atom is -0.456 e. The lowest BCUT2D eigenvalue weighted by Crippen LogP contribution is -2.54. The van der Waals surface area contributed by atoms with E-state index in [0.717, 1.165) is 11.4 Å². The van der Waals surface area contributed by atoms with Gasteiger partial charge in [-0.15, -0.1) is 11.3 Å². The Morgan fingerprint density at radius 1 is 1.30 bits per heavy atom. The number of nitrogens with zero attached hydrogens (tertiary/aromatic N) is 1. The number of epoxide rings is 1. The molecule has 1 aliphatic carbocycles. The molecule has 37 heavy (non-hydrogen) atoms. The van der Waals surface area contributed by atoms with E-state index in [1.807, 2.05) is 26.2 Å². The van der Waals surface area contributed by atoms with Crippen molar-refractivity contribution in [1.82, 2.24) is 4.98 Å². The number of Topliss-reactive ketones (excluding diaryl/α,β-unsaturated/α-hetero) is 1. The predicted octanol–water partition coefficient (Wildman–Crippen LogP) is 4.18. The first-order valence-corrected chi connectivity index (χ1v) is 14.4. The van der Waals surface area contributed by atoms with E-state index < -0.39 is 47.3 Å². The number of cyclic esters (lactones) is 1. The van der Waals surface area contributed by atoms with Gasteiger partial charge in [-0.2, -0.15) is 0 Å². The number of aliphatic hydroxyl groups is 2. The van der Waals surface area contributed by atoms with Gasteiger partial charge in [-0.05, 0) is 46.1 Å². The highest BCUT2D eigenvalue weighted by molar-refractivity contribution is 7.09. The molecule has 8 nitrogen and oxygen atoms in total. The number of ether oxygens (including phenoxy) is 3. The Labute approximate surface area is 227 Å². The van der Waals surface area contributed by atoms with Gasteiger partial charge < -0.3 is 24.4 Å². The number of halogens is 1. The molecule has 3 fully saturated rings. The Balaban J connectivity index is 1.59. The molecule has 2 saturated heterocycles. The molecule has 1 aromatic heterocycles. The number of hydrogen-bond donors (Lipinski definition) is 2. The summed E-state index contributed by atoms with van der Waals surface area (Å²) in [4.78, 5) is 31.1. The van der Waals surface area contributed by atoms with E-state index in [9.17, 15) is 19.8 Å². The maximum absolute atomic E-state index is 13.7. The third-order valence-electron chi connectivity index (χ3n) is 8.35. The van der Waals surface area contributed by atoms with Gasteiger partial charge in [0.15, 0.2) is 0 Å². The van der Waals surface area contributed by atoms with E-state index in [4.69, 9.17) is 25.8 Å². The first-order chi connectivity index (χ1) is 17.5. The van der Waals surface area contributed by atoms with Gasteiger partial charge in [0.25, 0.3) is 0 Å². The van der Waals surface area contributed by atoms with Crippen molar-refractivity contribution < 1.29 is 34.0 Å². The van der Waals surface area contributed by atoms with Crippen molar-refractivity contribution in [3.05, 3.63) is 21.1 Å². The van der Waals surface area contributed by atoms with Gasteiger partial charge in [0.2, 0.25) is 0 Å². The Morgan fingerprint density at radius 3 is 2.62 bits per heavy atom. The van der Waals surface area contributed by atoms with Crippen molar-refractivity contribution in [3.8, 4) is 0 Å². The lowest BCUT2D eigenvalue weighted by Gasteiger charge is -2.46. The quantitative estimate of drug-likeness (QED) is 0.421. The second-order valence-corrected chi connectivity index (χ2v) is 12.4. The van der Waals surface area contributed by atoms with Crippen LogP contribution in [0.15, 0.2) is 10.4 Å². The third-order valence-corrected chi connectivity index (χ3v) is 9.49. The van der Waals surface area contributed by atoms with Crippen LogP contribution in [0.2, 0.25) is 0 Å². The molecule has 1 aromatic rings. The number of aliphatic hydroxyl groups excluding tert-OH is 2. The largest absolute Gasteiger partial charge is 0.456 e. The lowest BCUT2D eigenvalue weighted by molar-refractivity contribution is -0.163. The molecule has 0 amide bonds. The number of aromatic nitrogens is 1. The van der Waals surface area contributed by atoms with Gasteiger partial charge in [-0.3, -0.25) is 9.59 Å². The van der Waals surface area contributed by atoms with Crippen LogP contribution in [-0.2, 0) is 23.8 Å². The zero-order valence-electron chi connectivity index (χ0n) is 21.9. The third kappa shape index (κ3) is 6.12. The van der Waals surface area contributed by atoms with Gasteiger partial charge >= 0.3 is 5.97 Å². The number of carbonyl (C=O) groups is 2. The molecular formula is C27H38ClNO7S. The standard InChI is InChI=1S/C27H38ClNO7S/c1-5-18-24(32)15(2)34-10-9-26(4)22(36-26)12-20(19(28)11-17-14-37-16(3)29-17)35-23(31)13-21(30)27(25(18)33)7-6-8-27/h11,14-15,18,20-22,24,30,32H,5-10,12-13H2,1-4H3/t15-,18-,20+,21+,22+,24-,26-/m1/s1. The average Bonchev–Trinajstić information content (AvgIpc) is 3.24. The van der Waals surface area contributed by atoms with Crippen molar-refractivity contribution >= 4 is 40.8 Å². The minimum atomic E-state index is -1.21. The summed E-state index contributed by atoms with van der Waals surface area (Å²) in [7, 11) is 0. The van der Waals surface area contributed by atoms with Crippen molar-refractivity contribution in [2.45, 2.75) is 109 Å². The molecule has 1 saturated carbocycles. The zero-order valence-corrected chi connectivity index (χ0v) is 23.5. The summed E-state index contributed by atoms with van der Waals surface area (Å²) < 4.78 is 17.7. The molecule has 206 valence electrons. The molecule has 0 unspecified atom stereocenters. The number of ketones is 1. The van der Waals surface area contributed by atoms with Crippen LogP contribution >= 0.6 is 22.9 Å². The highest BCUT2D eigenvalue weighted by Gasteiger charge is 2.55. The summed E-state index contributed by atoms with van der Waals surface area (Å²) in [5, 5.41) is 25.2. The van der Waals surface area contributed by atoms with Crippen molar-refractivity contribution in [3.63, 3.8) is 0 Å². The van der Waals surface area contributed by atoms with Gasteiger partial charge in [-0.25, -0.2) is 4.98 Å². The number of rotatable bonds is 3. The highest BCUT2D eigenvalue weighted by atomic mass is 35.5. The van der Waals surface area contributed by atoms with Crippen molar-refractivity contribution in [2.24, 2.45) is 11.3 Å². The number of thiazole rings is 1. The summed E-state index contributed by atoms with van der Waals surface area (Å²) in [6.45, 7) is 7.81. The molecule has 2 N–H and O–H groups in total. The van der Waals surface area contributed by atoms with Crippen molar-refractivity contribution in [1.29, 1.82) is 0 Å². The first kappa shape index (κ1) is 28.6. The molecule has 3 heterocycles. The SMILES string of the molecule is CC[C@H]1C(=O)C2(CCC2)[C@@H](O)CC(=O)O[C@H](C(Cl)=Cc2csc(C)n2)C[C@@H]2O[C@]2(C)CCO[C@H](C)[C@H]1O. The van der Waals surface area contributed by atoms with Crippen LogP contribution in [-0.4, -0.2) is 69.7 Å². The van der Waals surface area contributed by atoms with E-state index in [-0.39, 0.29) is 18.3 Å². The Kier molecular flexibility index (Phi) is 8.83. The molecule has 0 aromatic carbocycles. The van der Waals surface area contributed by atoms with Gasteiger partial charge in [-0.1, -0.05) is 24.9 Å². The number of esters is 1. The van der Waals surface area contributed by atoms with E-state index in [1.165, 1.54) is 11.3 Å². The smallest absolute Gasteiger partial charge is 0.309 e. The number of aryl methyl sites for hydroxylation is 1. The van der Waals surface area contributed by atoms with Gasteiger partial charge in [0, 0.05) is 30.7 Å². The summed E-state index contributed by atoms with van der Waals surface area (Å²) in [6.07, 6.45) is 0.658. The second kappa shape index (κ2) is 11.4. The maximum Gasteiger partial charge on any atom is 0.309 e. The molecule has 2 aliphatic heterocycles. The molecule has 10 heteroatoms. The number of fused-ring (bicyclic) bond motifs is 1. The lowest BCUT2D eigenvalue weighted by atomic mass is 9.58. The molecule has 4 rings (SSSR count). The van der Waals surface area contributed by atoms with E-state index in [0.29, 0.717) is 49.4 Å². The summed E-state index contributed by atoms with van der Waals surface area (Å²) in [5.41, 5.74) is -0.861. The zero-order chi connectivity index (χ0) is 27.0. The Morgan fingerprint density at radius 2 is 2.03 bits per heavy atom. The van der Waals surface area contributed by atoms with E-state index in [1.54, 1.807) is 13.0 Å². The molecule has 0 radical (unpaired) electrons. The first-order valence-electron chi connectivity index (χ1n) is 13.2. The fourth-order valence-electron chi connectivity index (χ4n) is 5.59. The van der Waals surface area contributed by atoms with Crippen LogP contribution in [0.25, 0.3) is 6.08 Å². The molecule has 0 bridgehead atoms. The normalized spacial score (nSPS) is 37.5. The summed E-state index contributed by atoms with van der Waals surface area (Å²) >= 11 is 8.14. The maximum atomic E-state index is 13.7. The number of carbonyl (C=O) groups excluding carboxylic acids is 2. The van der Waals surface area contributed by atoms with Crippen LogP contribution in [0.1, 0.15) is 76.4 Å². The van der Waals surface area contributed by atoms with Crippen LogP contribution in [0.5, 0.6) is 0 Å². The molecule has 7 atom stereocenters. The predicted molar refractivity (Wildman–Crippen MR) is 140 cm³/mol. The number of hydrogen-bond acceptors (Lipinski definition) is 9. The van der Waals surface area contributed by atoms with Crippen LogP contribution < -0.4 is 0 Å². The van der Waals surface area contributed by atoms with Crippen molar-refractivity contribution in [2.75, 3.05) is 6.61 Å². The average molecular weight is 556 g/mol. The van der Waals surface area contributed by atoms with Crippen LogP contribution in [0, 0.1) is 18.3 Å². The summed E-state index contributed by atoms with van der Waals surface area (Å²) in [5.74, 6) is -1.53. The van der Waals surface area contributed by atoms with Crippen LogP contribution in [0.3, 0.4) is 0 Å².